The number of benzene rings is 1. The van der Waals surface area contributed by atoms with Crippen LogP contribution in [0.2, 0.25) is 0 Å². The highest BCUT2D eigenvalue weighted by molar-refractivity contribution is 7.11. The van der Waals surface area contributed by atoms with Gasteiger partial charge in [0, 0.05) is 31.0 Å². The number of ether oxygens (including phenoxy) is 1. The molecule has 12 heteroatoms. The average molecular weight is 437 g/mol. The first-order valence-electron chi connectivity index (χ1n) is 8.74. The number of carbonyl (C=O) groups is 2. The zero-order chi connectivity index (χ0) is 21.5. The maximum atomic E-state index is 13.7. The molecule has 0 saturated heterocycles. The highest BCUT2D eigenvalue weighted by Gasteiger charge is 2.23. The number of carboxylic acid groups (broad SMARTS) is 1. The second-order valence-electron chi connectivity index (χ2n) is 6.06. The Hall–Kier alpha value is -3.54. The van der Waals surface area contributed by atoms with Gasteiger partial charge in [-0.25, -0.2) is 23.4 Å². The predicted molar refractivity (Wildman–Crippen MR) is 104 cm³/mol. The van der Waals surface area contributed by atoms with Gasteiger partial charge in [0.1, 0.15) is 23.2 Å². The number of amides is 2. The van der Waals surface area contributed by atoms with Gasteiger partial charge in [0.25, 0.3) is 0 Å². The van der Waals surface area contributed by atoms with Crippen molar-refractivity contribution in [3.05, 3.63) is 59.7 Å². The quantitative estimate of drug-likeness (QED) is 0.443. The van der Waals surface area contributed by atoms with Crippen LogP contribution in [0.5, 0.6) is 5.88 Å². The number of carboxylic acids is 1. The summed E-state index contributed by atoms with van der Waals surface area (Å²) >= 11 is 0.705. The van der Waals surface area contributed by atoms with Gasteiger partial charge in [0.2, 0.25) is 5.88 Å². The molecular formula is C18H17F2N5O4S. The monoisotopic (exact) mass is 437 g/mol. The first-order valence-corrected chi connectivity index (χ1v) is 9.51. The summed E-state index contributed by atoms with van der Waals surface area (Å²) in [5.41, 5.74) is -0.463. The van der Waals surface area contributed by atoms with Crippen LogP contribution in [0, 0.1) is 11.6 Å². The maximum Gasteiger partial charge on any atom is 0.344 e. The van der Waals surface area contributed by atoms with Gasteiger partial charge >= 0.3 is 12.0 Å². The summed E-state index contributed by atoms with van der Waals surface area (Å²) in [5.74, 6) is -3.03. The lowest BCUT2D eigenvalue weighted by molar-refractivity contribution is 0.0693. The lowest BCUT2D eigenvalue weighted by Gasteiger charge is -2.08. The smallest absolute Gasteiger partial charge is 0.344 e. The average Bonchev–Trinajstić information content (AvgIpc) is 3.36. The molecule has 3 rings (SSSR count). The SMILES string of the molecule is O=C(NCCCn1ccnc1)Nc1snc(OCc2cc(F)ccc2F)c1C(=O)O. The number of hydrogen-bond donors (Lipinski definition) is 3. The number of aromatic carboxylic acids is 1. The number of rotatable bonds is 9. The fourth-order valence-electron chi connectivity index (χ4n) is 2.48. The summed E-state index contributed by atoms with van der Waals surface area (Å²) in [6.07, 6.45) is 5.76. The molecule has 3 aromatic rings. The molecule has 0 atom stereocenters. The number of halogens is 2. The summed E-state index contributed by atoms with van der Waals surface area (Å²) in [6.45, 7) is 0.594. The van der Waals surface area contributed by atoms with Crippen LogP contribution in [-0.4, -0.2) is 37.6 Å². The van der Waals surface area contributed by atoms with E-state index in [2.05, 4.69) is 20.0 Å². The molecule has 0 aliphatic carbocycles. The van der Waals surface area contributed by atoms with E-state index in [0.29, 0.717) is 31.0 Å². The molecule has 0 spiro atoms. The zero-order valence-corrected chi connectivity index (χ0v) is 16.3. The van der Waals surface area contributed by atoms with Crippen LogP contribution in [0.1, 0.15) is 22.3 Å². The van der Waals surface area contributed by atoms with E-state index in [0.717, 1.165) is 18.2 Å². The van der Waals surface area contributed by atoms with Crippen LogP contribution < -0.4 is 15.4 Å². The molecule has 9 nitrogen and oxygen atoms in total. The van der Waals surface area contributed by atoms with Crippen molar-refractivity contribution in [1.82, 2.24) is 19.2 Å². The van der Waals surface area contributed by atoms with Crippen LogP contribution in [-0.2, 0) is 13.2 Å². The van der Waals surface area contributed by atoms with Gasteiger partial charge in [-0.2, -0.15) is 4.37 Å². The largest absolute Gasteiger partial charge is 0.477 e. The van der Waals surface area contributed by atoms with Gasteiger partial charge in [-0.1, -0.05) is 0 Å². The third-order valence-corrected chi connectivity index (χ3v) is 4.66. The molecule has 0 aliphatic heterocycles. The predicted octanol–water partition coefficient (Wildman–Crippen LogP) is 3.11. The molecule has 0 unspecified atom stereocenters. The van der Waals surface area contributed by atoms with E-state index in [-0.39, 0.29) is 22.0 Å². The molecule has 30 heavy (non-hydrogen) atoms. The topological polar surface area (TPSA) is 118 Å². The Morgan fingerprint density at radius 2 is 2.13 bits per heavy atom. The van der Waals surface area contributed by atoms with Crippen molar-refractivity contribution in [3.63, 3.8) is 0 Å². The standard InChI is InChI=1S/C18H17F2N5O4S/c19-12-2-3-13(20)11(8-12)9-29-15-14(17(26)27)16(30-24-15)23-18(28)22-4-1-6-25-7-5-21-10-25/h2-3,5,7-8,10H,1,4,6,9H2,(H,26,27)(H2,22,23,28). The fraction of sp³-hybridized carbons (Fsp3) is 0.222. The molecule has 0 saturated carbocycles. The number of carbonyl (C=O) groups excluding carboxylic acids is 1. The maximum absolute atomic E-state index is 13.7. The van der Waals surface area contributed by atoms with Gasteiger partial charge in [-0.3, -0.25) is 5.32 Å². The van der Waals surface area contributed by atoms with Crippen molar-refractivity contribution in [2.24, 2.45) is 0 Å². The fourth-order valence-corrected chi connectivity index (χ4v) is 3.20. The second kappa shape index (κ2) is 9.78. The van der Waals surface area contributed by atoms with Gasteiger partial charge in [-0.05, 0) is 36.2 Å². The van der Waals surface area contributed by atoms with Gasteiger partial charge in [0.05, 0.1) is 6.33 Å². The Kier molecular flexibility index (Phi) is 6.91. The van der Waals surface area contributed by atoms with E-state index in [4.69, 9.17) is 4.74 Å². The van der Waals surface area contributed by atoms with Crippen molar-refractivity contribution in [3.8, 4) is 5.88 Å². The molecule has 0 radical (unpaired) electrons. The minimum absolute atomic E-state index is 0.0377. The van der Waals surface area contributed by atoms with E-state index in [1.807, 2.05) is 4.57 Å². The number of hydrogen-bond acceptors (Lipinski definition) is 6. The first kappa shape index (κ1) is 21.2. The summed E-state index contributed by atoms with van der Waals surface area (Å²) in [6, 6.07) is 2.24. The van der Waals surface area contributed by atoms with Crippen LogP contribution in [0.4, 0.5) is 18.6 Å². The third kappa shape index (κ3) is 5.50. The van der Waals surface area contributed by atoms with Crippen LogP contribution in [0.25, 0.3) is 0 Å². The minimum atomic E-state index is -1.38. The van der Waals surface area contributed by atoms with Crippen LogP contribution in [0.3, 0.4) is 0 Å². The van der Waals surface area contributed by atoms with Crippen molar-refractivity contribution < 1.29 is 28.2 Å². The van der Waals surface area contributed by atoms with Crippen LogP contribution >= 0.6 is 11.5 Å². The highest BCUT2D eigenvalue weighted by atomic mass is 32.1. The Morgan fingerprint density at radius 3 is 2.87 bits per heavy atom. The van der Waals surface area contributed by atoms with Crippen molar-refractivity contribution in [2.45, 2.75) is 19.6 Å². The summed E-state index contributed by atoms with van der Waals surface area (Å²) < 4.78 is 37.9. The summed E-state index contributed by atoms with van der Waals surface area (Å²) in [7, 11) is 0. The number of anilines is 1. The number of aryl methyl sites for hydroxylation is 1. The normalized spacial score (nSPS) is 10.6. The molecule has 1 aromatic carbocycles. The first-order chi connectivity index (χ1) is 14.4. The molecule has 0 aliphatic rings. The van der Waals surface area contributed by atoms with Crippen molar-refractivity contribution in [1.29, 1.82) is 0 Å². The lowest BCUT2D eigenvalue weighted by Crippen LogP contribution is -2.30. The Balaban J connectivity index is 1.57. The number of imidazole rings is 1. The second-order valence-corrected chi connectivity index (χ2v) is 6.83. The number of nitrogens with one attached hydrogen (secondary N) is 2. The molecule has 2 heterocycles. The Labute approximate surface area is 173 Å². The minimum Gasteiger partial charge on any atom is -0.477 e. The third-order valence-electron chi connectivity index (χ3n) is 3.91. The number of urea groups is 1. The molecule has 3 N–H and O–H groups in total. The zero-order valence-electron chi connectivity index (χ0n) is 15.5. The molecule has 0 fully saturated rings. The summed E-state index contributed by atoms with van der Waals surface area (Å²) in [5, 5.41) is 14.4. The van der Waals surface area contributed by atoms with Gasteiger partial charge in [0.15, 0.2) is 5.56 Å². The Morgan fingerprint density at radius 1 is 1.30 bits per heavy atom. The Bertz CT molecular complexity index is 1030. The van der Waals surface area contributed by atoms with E-state index >= 15 is 0 Å². The van der Waals surface area contributed by atoms with Gasteiger partial charge < -0.3 is 19.7 Å². The lowest BCUT2D eigenvalue weighted by atomic mass is 10.2. The van der Waals surface area contributed by atoms with E-state index in [9.17, 15) is 23.5 Å². The van der Waals surface area contributed by atoms with Gasteiger partial charge in [-0.15, -0.1) is 0 Å². The van der Waals surface area contributed by atoms with Crippen molar-refractivity contribution >= 4 is 28.5 Å². The van der Waals surface area contributed by atoms with Crippen molar-refractivity contribution in [2.75, 3.05) is 11.9 Å². The molecule has 0 bridgehead atoms. The molecule has 158 valence electrons. The number of aromatic nitrogens is 3. The van der Waals surface area contributed by atoms with E-state index in [1.165, 1.54) is 0 Å². The van der Waals surface area contributed by atoms with E-state index in [1.54, 1.807) is 18.7 Å². The summed E-state index contributed by atoms with van der Waals surface area (Å²) in [4.78, 5) is 27.5. The molecule has 2 aromatic heterocycles. The van der Waals surface area contributed by atoms with Crippen LogP contribution in [0.15, 0.2) is 36.9 Å². The molecular weight excluding hydrogens is 420 g/mol. The van der Waals surface area contributed by atoms with E-state index < -0.39 is 30.2 Å². The molecule has 2 amide bonds. The number of nitrogens with zero attached hydrogens (tertiary/aromatic N) is 3. The highest BCUT2D eigenvalue weighted by Crippen LogP contribution is 2.31.